The van der Waals surface area contributed by atoms with Crippen molar-refractivity contribution in [3.05, 3.63) is 22.0 Å². The Balaban J connectivity index is 2.14. The highest BCUT2D eigenvalue weighted by atomic mass is 16.1. The highest BCUT2D eigenvalue weighted by Gasteiger charge is 2.16. The Morgan fingerprint density at radius 3 is 2.75 bits per heavy atom. The van der Waals surface area contributed by atoms with Crippen LogP contribution in [-0.2, 0) is 0 Å². The van der Waals surface area contributed by atoms with Gasteiger partial charge >= 0.3 is 0 Å². The van der Waals surface area contributed by atoms with Crippen LogP contribution in [0.15, 0.2) is 10.9 Å². The molecule has 0 bridgehead atoms. The van der Waals surface area contributed by atoms with Gasteiger partial charge in [0.2, 0.25) is 5.95 Å². The molecular weight excluding hydrogens is 256 g/mol. The Morgan fingerprint density at radius 1 is 1.30 bits per heavy atom. The molecule has 102 valence electrons. The summed E-state index contributed by atoms with van der Waals surface area (Å²) in [5, 5.41) is 9.20. The molecule has 0 atom stereocenters. The molecule has 0 aliphatic carbocycles. The molecule has 0 spiro atoms. The standard InChI is InChI=1S/C13H14N6O/c14-7-8-6-9-11(16-10(8)15)17-13(18-12(9)20)19-4-2-1-3-5-19/h6H,1-5H2,(H3,15,16,17,18,20). The summed E-state index contributed by atoms with van der Waals surface area (Å²) in [5.41, 5.74) is 5.86. The summed E-state index contributed by atoms with van der Waals surface area (Å²) in [5.74, 6) is 0.626. The lowest BCUT2D eigenvalue weighted by atomic mass is 10.1. The molecule has 2 aromatic rings. The highest BCUT2D eigenvalue weighted by Crippen LogP contribution is 2.18. The van der Waals surface area contributed by atoms with E-state index >= 15 is 0 Å². The number of nitrogens with zero attached hydrogens (tertiary/aromatic N) is 4. The van der Waals surface area contributed by atoms with Gasteiger partial charge in [-0.3, -0.25) is 9.78 Å². The van der Waals surface area contributed by atoms with Crippen LogP contribution in [0.1, 0.15) is 24.8 Å². The number of aromatic nitrogens is 3. The first-order chi connectivity index (χ1) is 9.69. The monoisotopic (exact) mass is 270 g/mol. The lowest BCUT2D eigenvalue weighted by Crippen LogP contribution is -2.32. The van der Waals surface area contributed by atoms with E-state index in [4.69, 9.17) is 11.0 Å². The van der Waals surface area contributed by atoms with E-state index in [9.17, 15) is 4.79 Å². The molecule has 20 heavy (non-hydrogen) atoms. The topological polar surface area (TPSA) is 112 Å². The van der Waals surface area contributed by atoms with Crippen molar-refractivity contribution in [1.29, 1.82) is 5.26 Å². The van der Waals surface area contributed by atoms with Crippen molar-refractivity contribution in [1.82, 2.24) is 15.0 Å². The Kier molecular flexibility index (Phi) is 2.99. The van der Waals surface area contributed by atoms with Gasteiger partial charge in [-0.05, 0) is 25.3 Å². The van der Waals surface area contributed by atoms with Gasteiger partial charge in [0.15, 0.2) is 5.65 Å². The number of hydrogen-bond acceptors (Lipinski definition) is 6. The summed E-state index contributed by atoms with van der Waals surface area (Å²) < 4.78 is 0. The first-order valence-electron chi connectivity index (χ1n) is 6.54. The summed E-state index contributed by atoms with van der Waals surface area (Å²) in [4.78, 5) is 25.3. The van der Waals surface area contributed by atoms with Crippen molar-refractivity contribution in [2.45, 2.75) is 19.3 Å². The third-order valence-electron chi connectivity index (χ3n) is 3.49. The number of nitrogens with two attached hydrogens (primary N) is 1. The molecule has 7 heteroatoms. The van der Waals surface area contributed by atoms with Crippen LogP contribution in [0, 0.1) is 11.3 Å². The number of piperidine rings is 1. The number of rotatable bonds is 1. The van der Waals surface area contributed by atoms with E-state index in [1.54, 1.807) is 0 Å². The number of pyridine rings is 1. The smallest absolute Gasteiger partial charge is 0.261 e. The molecule has 2 aromatic heterocycles. The second kappa shape index (κ2) is 4.81. The molecule has 0 aromatic carbocycles. The van der Waals surface area contributed by atoms with Gasteiger partial charge in [-0.2, -0.15) is 10.2 Å². The number of fused-ring (bicyclic) bond motifs is 1. The number of nitriles is 1. The third-order valence-corrected chi connectivity index (χ3v) is 3.49. The van der Waals surface area contributed by atoms with Crippen molar-refractivity contribution in [3.63, 3.8) is 0 Å². The van der Waals surface area contributed by atoms with Crippen molar-refractivity contribution < 1.29 is 0 Å². The summed E-state index contributed by atoms with van der Waals surface area (Å²) in [6.45, 7) is 1.75. The Morgan fingerprint density at radius 2 is 2.05 bits per heavy atom. The minimum absolute atomic E-state index is 0.0997. The fraction of sp³-hybridized carbons (Fsp3) is 0.385. The van der Waals surface area contributed by atoms with Crippen LogP contribution in [0.25, 0.3) is 11.0 Å². The number of H-pyrrole nitrogens is 1. The largest absolute Gasteiger partial charge is 0.383 e. The Bertz CT molecular complexity index is 754. The highest BCUT2D eigenvalue weighted by molar-refractivity contribution is 5.79. The maximum absolute atomic E-state index is 12.1. The van der Waals surface area contributed by atoms with Crippen LogP contribution in [0.5, 0.6) is 0 Å². The lowest BCUT2D eigenvalue weighted by Gasteiger charge is -2.26. The van der Waals surface area contributed by atoms with Gasteiger partial charge in [-0.25, -0.2) is 4.98 Å². The molecule has 1 fully saturated rings. The maximum atomic E-state index is 12.1. The van der Waals surface area contributed by atoms with E-state index < -0.39 is 0 Å². The second-order valence-corrected chi connectivity index (χ2v) is 4.84. The van der Waals surface area contributed by atoms with Crippen LogP contribution >= 0.6 is 0 Å². The molecular formula is C13H14N6O. The van der Waals surface area contributed by atoms with Gasteiger partial charge in [0.1, 0.15) is 11.9 Å². The minimum Gasteiger partial charge on any atom is -0.383 e. The number of hydrogen-bond donors (Lipinski definition) is 2. The van der Waals surface area contributed by atoms with Gasteiger partial charge < -0.3 is 10.6 Å². The predicted molar refractivity (Wildman–Crippen MR) is 75.4 cm³/mol. The SMILES string of the molecule is N#Cc1cc2c(=O)[nH]c(N3CCCCC3)nc2nc1N. The van der Waals surface area contributed by atoms with E-state index in [0.29, 0.717) is 5.95 Å². The van der Waals surface area contributed by atoms with Gasteiger partial charge in [0.05, 0.1) is 10.9 Å². The number of nitrogens with one attached hydrogen (secondary N) is 1. The van der Waals surface area contributed by atoms with E-state index in [-0.39, 0.29) is 28.0 Å². The summed E-state index contributed by atoms with van der Waals surface area (Å²) in [6.07, 6.45) is 3.38. The summed E-state index contributed by atoms with van der Waals surface area (Å²) >= 11 is 0. The van der Waals surface area contributed by atoms with E-state index in [1.807, 2.05) is 11.0 Å². The third kappa shape index (κ3) is 2.05. The molecule has 0 amide bonds. The average molecular weight is 270 g/mol. The molecule has 3 heterocycles. The molecule has 3 rings (SSSR count). The molecule has 0 unspecified atom stereocenters. The van der Waals surface area contributed by atoms with E-state index in [1.165, 1.54) is 12.5 Å². The molecule has 0 radical (unpaired) electrons. The average Bonchev–Trinajstić information content (AvgIpc) is 2.47. The second-order valence-electron chi connectivity index (χ2n) is 4.84. The molecule has 3 N–H and O–H groups in total. The predicted octanol–water partition coefficient (Wildman–Crippen LogP) is 0.762. The van der Waals surface area contributed by atoms with Crippen LogP contribution in [0.4, 0.5) is 11.8 Å². The number of aromatic amines is 1. The van der Waals surface area contributed by atoms with Gasteiger partial charge in [0, 0.05) is 13.1 Å². The fourth-order valence-electron chi connectivity index (χ4n) is 2.41. The van der Waals surface area contributed by atoms with Crippen molar-refractivity contribution >= 4 is 22.8 Å². The van der Waals surface area contributed by atoms with Crippen LogP contribution in [0.3, 0.4) is 0 Å². The summed E-state index contributed by atoms with van der Waals surface area (Å²) in [7, 11) is 0. The number of anilines is 2. The van der Waals surface area contributed by atoms with Gasteiger partial charge in [-0.1, -0.05) is 0 Å². The molecule has 1 saturated heterocycles. The first kappa shape index (κ1) is 12.4. The van der Waals surface area contributed by atoms with Crippen molar-refractivity contribution in [2.75, 3.05) is 23.7 Å². The van der Waals surface area contributed by atoms with Crippen LogP contribution < -0.4 is 16.2 Å². The fourth-order valence-corrected chi connectivity index (χ4v) is 2.41. The van der Waals surface area contributed by atoms with E-state index in [0.717, 1.165) is 25.9 Å². The van der Waals surface area contributed by atoms with Crippen molar-refractivity contribution in [3.8, 4) is 6.07 Å². The van der Waals surface area contributed by atoms with Crippen molar-refractivity contribution in [2.24, 2.45) is 0 Å². The molecule has 0 saturated carbocycles. The van der Waals surface area contributed by atoms with Crippen LogP contribution in [0.2, 0.25) is 0 Å². The molecule has 1 aliphatic rings. The first-order valence-corrected chi connectivity index (χ1v) is 6.54. The molecule has 7 nitrogen and oxygen atoms in total. The zero-order valence-corrected chi connectivity index (χ0v) is 10.9. The molecule has 1 aliphatic heterocycles. The zero-order valence-electron chi connectivity index (χ0n) is 10.9. The zero-order chi connectivity index (χ0) is 14.1. The Hall–Kier alpha value is -2.62. The van der Waals surface area contributed by atoms with Crippen LogP contribution in [-0.4, -0.2) is 28.0 Å². The van der Waals surface area contributed by atoms with Gasteiger partial charge in [0.25, 0.3) is 5.56 Å². The minimum atomic E-state index is -0.292. The lowest BCUT2D eigenvalue weighted by molar-refractivity contribution is 0.568. The quantitative estimate of drug-likeness (QED) is 0.791. The normalized spacial score (nSPS) is 15.2. The maximum Gasteiger partial charge on any atom is 0.261 e. The van der Waals surface area contributed by atoms with E-state index in [2.05, 4.69) is 15.0 Å². The Labute approximate surface area is 115 Å². The number of nitrogen functional groups attached to an aromatic ring is 1. The van der Waals surface area contributed by atoms with Gasteiger partial charge in [-0.15, -0.1) is 0 Å². The summed E-state index contributed by atoms with van der Waals surface area (Å²) in [6, 6.07) is 3.35.